The van der Waals surface area contributed by atoms with Crippen molar-refractivity contribution in [2.75, 3.05) is 26.8 Å². The number of methoxy groups -OCH3 is 1. The third-order valence-electron chi connectivity index (χ3n) is 4.60. The number of benzene rings is 2. The van der Waals surface area contributed by atoms with Crippen LogP contribution in [0.3, 0.4) is 0 Å². The van der Waals surface area contributed by atoms with E-state index in [0.717, 1.165) is 30.8 Å². The van der Waals surface area contributed by atoms with Crippen LogP contribution < -0.4 is 20.9 Å². The summed E-state index contributed by atoms with van der Waals surface area (Å²) in [6.07, 6.45) is 0. The summed E-state index contributed by atoms with van der Waals surface area (Å²) in [7, 11) is 1.45. The first-order valence-electron chi connectivity index (χ1n) is 8.54. The van der Waals surface area contributed by atoms with Crippen LogP contribution in [-0.2, 0) is 0 Å². The summed E-state index contributed by atoms with van der Waals surface area (Å²) in [6, 6.07) is 7.34. The number of hydrogen-bond acceptors (Lipinski definition) is 5. The number of rotatable bonds is 6. The Balaban J connectivity index is 1.84. The molecule has 0 saturated carbocycles. The molecular formula is C19H21F2N3O3. The SMILES string of the molecule is COc1cc(C2CNNC2)ccc1C(=O)N[C@H](CO)c1c(F)cccc1F. The van der Waals surface area contributed by atoms with E-state index in [1.54, 1.807) is 12.1 Å². The molecular weight excluding hydrogens is 356 g/mol. The van der Waals surface area contributed by atoms with Gasteiger partial charge >= 0.3 is 0 Å². The average molecular weight is 377 g/mol. The Morgan fingerprint density at radius 2 is 1.93 bits per heavy atom. The van der Waals surface area contributed by atoms with Crippen LogP contribution in [0.15, 0.2) is 36.4 Å². The smallest absolute Gasteiger partial charge is 0.255 e. The van der Waals surface area contributed by atoms with Crippen molar-refractivity contribution < 1.29 is 23.4 Å². The fraction of sp³-hybridized carbons (Fsp3) is 0.316. The van der Waals surface area contributed by atoms with Gasteiger partial charge in [-0.2, -0.15) is 0 Å². The molecule has 1 amide bonds. The van der Waals surface area contributed by atoms with E-state index in [1.165, 1.54) is 13.2 Å². The first kappa shape index (κ1) is 19.2. The second kappa shape index (κ2) is 8.43. The fourth-order valence-corrected chi connectivity index (χ4v) is 3.14. The summed E-state index contributed by atoms with van der Waals surface area (Å²) in [6.45, 7) is 0.866. The lowest BCUT2D eigenvalue weighted by molar-refractivity contribution is 0.0910. The zero-order valence-corrected chi connectivity index (χ0v) is 14.8. The van der Waals surface area contributed by atoms with Gasteiger partial charge in [-0.3, -0.25) is 15.6 Å². The van der Waals surface area contributed by atoms with Crippen molar-refractivity contribution in [1.82, 2.24) is 16.2 Å². The topological polar surface area (TPSA) is 82.6 Å². The molecule has 6 nitrogen and oxygen atoms in total. The number of amides is 1. The normalized spacial score (nSPS) is 15.6. The minimum Gasteiger partial charge on any atom is -0.496 e. The average Bonchev–Trinajstić information content (AvgIpc) is 3.21. The van der Waals surface area contributed by atoms with Crippen molar-refractivity contribution in [3.05, 3.63) is 64.7 Å². The summed E-state index contributed by atoms with van der Waals surface area (Å²) < 4.78 is 33.3. The van der Waals surface area contributed by atoms with Crippen LogP contribution in [0.1, 0.15) is 33.4 Å². The van der Waals surface area contributed by atoms with Crippen LogP contribution in [0, 0.1) is 11.6 Å². The van der Waals surface area contributed by atoms with Gasteiger partial charge in [-0.1, -0.05) is 12.1 Å². The Labute approximate surface area is 155 Å². The molecule has 8 heteroatoms. The van der Waals surface area contributed by atoms with Crippen LogP contribution in [0.5, 0.6) is 5.75 Å². The molecule has 4 N–H and O–H groups in total. The second-order valence-electron chi connectivity index (χ2n) is 6.26. The Hall–Kier alpha value is -2.55. The molecule has 144 valence electrons. The van der Waals surface area contributed by atoms with Crippen LogP contribution in [-0.4, -0.2) is 37.8 Å². The summed E-state index contributed by atoms with van der Waals surface area (Å²) in [5.74, 6) is -1.67. The van der Waals surface area contributed by atoms with E-state index >= 15 is 0 Å². The van der Waals surface area contributed by atoms with Crippen LogP contribution in [0.4, 0.5) is 8.78 Å². The number of nitrogens with one attached hydrogen (secondary N) is 3. The van der Waals surface area contributed by atoms with E-state index in [4.69, 9.17) is 4.74 Å². The Morgan fingerprint density at radius 1 is 1.26 bits per heavy atom. The largest absolute Gasteiger partial charge is 0.496 e. The van der Waals surface area contributed by atoms with Gasteiger partial charge in [0.25, 0.3) is 5.91 Å². The van der Waals surface area contributed by atoms with Gasteiger partial charge in [0, 0.05) is 24.6 Å². The van der Waals surface area contributed by atoms with Gasteiger partial charge in [0.15, 0.2) is 0 Å². The first-order valence-corrected chi connectivity index (χ1v) is 8.54. The van der Waals surface area contributed by atoms with Crippen molar-refractivity contribution in [3.63, 3.8) is 0 Å². The Morgan fingerprint density at radius 3 is 2.52 bits per heavy atom. The van der Waals surface area contributed by atoms with Gasteiger partial charge < -0.3 is 15.2 Å². The molecule has 2 aromatic rings. The third kappa shape index (κ3) is 4.08. The van der Waals surface area contributed by atoms with Crippen molar-refractivity contribution in [1.29, 1.82) is 0 Å². The number of aliphatic hydroxyl groups is 1. The lowest BCUT2D eigenvalue weighted by atomic mass is 9.98. The first-order chi connectivity index (χ1) is 13.0. The maximum absolute atomic E-state index is 14.0. The number of carbonyl (C=O) groups excluding carboxylic acids is 1. The van der Waals surface area contributed by atoms with Crippen molar-refractivity contribution >= 4 is 5.91 Å². The van der Waals surface area contributed by atoms with Gasteiger partial charge in [0.2, 0.25) is 0 Å². The van der Waals surface area contributed by atoms with Gasteiger partial charge in [-0.15, -0.1) is 0 Å². The van der Waals surface area contributed by atoms with E-state index in [1.807, 2.05) is 6.07 Å². The van der Waals surface area contributed by atoms with E-state index in [0.29, 0.717) is 5.75 Å². The molecule has 0 aliphatic carbocycles. The number of ether oxygens (including phenoxy) is 1. The van der Waals surface area contributed by atoms with Crippen molar-refractivity contribution in [2.45, 2.75) is 12.0 Å². The van der Waals surface area contributed by atoms with E-state index in [-0.39, 0.29) is 17.0 Å². The van der Waals surface area contributed by atoms with E-state index < -0.39 is 30.2 Å². The number of carbonyl (C=O) groups is 1. The molecule has 0 radical (unpaired) electrons. The highest BCUT2D eigenvalue weighted by atomic mass is 19.1. The predicted molar refractivity (Wildman–Crippen MR) is 95.4 cm³/mol. The monoisotopic (exact) mass is 377 g/mol. The number of hydrazine groups is 1. The van der Waals surface area contributed by atoms with Crippen LogP contribution in [0.2, 0.25) is 0 Å². The standard InChI is InChI=1S/C19H21F2N3O3/c1-27-17-7-11(12-8-22-23-9-12)5-6-13(17)19(26)24-16(10-25)18-14(20)3-2-4-15(18)21/h2-7,12,16,22-23,25H,8-10H2,1H3,(H,24,26)/t16-/m1/s1. The van der Waals surface area contributed by atoms with E-state index in [2.05, 4.69) is 16.2 Å². The molecule has 1 aliphatic rings. The molecule has 3 rings (SSSR count). The predicted octanol–water partition coefficient (Wildman–Crippen LogP) is 1.63. The molecule has 27 heavy (non-hydrogen) atoms. The highest BCUT2D eigenvalue weighted by molar-refractivity contribution is 5.97. The second-order valence-corrected chi connectivity index (χ2v) is 6.26. The number of halogens is 2. The van der Waals surface area contributed by atoms with Crippen molar-refractivity contribution in [2.24, 2.45) is 0 Å². The quantitative estimate of drug-likeness (QED) is 0.615. The molecule has 0 aromatic heterocycles. The molecule has 1 aliphatic heterocycles. The lowest BCUT2D eigenvalue weighted by Gasteiger charge is -2.19. The summed E-state index contributed by atoms with van der Waals surface area (Å²) in [4.78, 5) is 12.7. The maximum atomic E-state index is 14.0. The molecule has 1 atom stereocenters. The molecule has 2 aromatic carbocycles. The number of aliphatic hydroxyl groups excluding tert-OH is 1. The van der Waals surface area contributed by atoms with Gasteiger partial charge in [-0.05, 0) is 29.8 Å². The Kier molecular flexibility index (Phi) is 6.00. The third-order valence-corrected chi connectivity index (χ3v) is 4.60. The van der Waals surface area contributed by atoms with Crippen LogP contribution in [0.25, 0.3) is 0 Å². The summed E-state index contributed by atoms with van der Waals surface area (Å²) in [5.41, 5.74) is 6.91. The fourth-order valence-electron chi connectivity index (χ4n) is 3.14. The summed E-state index contributed by atoms with van der Waals surface area (Å²) >= 11 is 0. The highest BCUT2D eigenvalue weighted by Crippen LogP contribution is 2.27. The van der Waals surface area contributed by atoms with Gasteiger partial charge in [0.1, 0.15) is 17.4 Å². The minimum atomic E-state index is -1.22. The molecule has 1 fully saturated rings. The number of hydrogen-bond donors (Lipinski definition) is 4. The maximum Gasteiger partial charge on any atom is 0.255 e. The van der Waals surface area contributed by atoms with Gasteiger partial charge in [-0.25, -0.2) is 8.78 Å². The highest BCUT2D eigenvalue weighted by Gasteiger charge is 2.24. The van der Waals surface area contributed by atoms with Gasteiger partial charge in [0.05, 0.1) is 25.3 Å². The molecule has 1 heterocycles. The van der Waals surface area contributed by atoms with Crippen LogP contribution >= 0.6 is 0 Å². The lowest BCUT2D eigenvalue weighted by Crippen LogP contribution is -2.32. The zero-order valence-electron chi connectivity index (χ0n) is 14.8. The molecule has 0 unspecified atom stereocenters. The molecule has 0 bridgehead atoms. The molecule has 0 spiro atoms. The summed E-state index contributed by atoms with van der Waals surface area (Å²) in [5, 5.41) is 12.0. The minimum absolute atomic E-state index is 0.218. The van der Waals surface area contributed by atoms with Crippen molar-refractivity contribution in [3.8, 4) is 5.75 Å². The zero-order chi connectivity index (χ0) is 19.4. The molecule has 1 saturated heterocycles. The van der Waals surface area contributed by atoms with E-state index in [9.17, 15) is 18.7 Å². The Bertz CT molecular complexity index is 806.